The average molecular weight is 368 g/mol. The van der Waals surface area contributed by atoms with E-state index >= 15 is 0 Å². The number of hydrogen-bond donors (Lipinski definition) is 0. The molecule has 0 unspecified atom stereocenters. The minimum atomic E-state index is 0.810. The third-order valence-corrected chi connectivity index (χ3v) is 4.98. The van der Waals surface area contributed by atoms with Crippen LogP contribution in [-0.4, -0.2) is 13.2 Å². The highest BCUT2D eigenvalue weighted by molar-refractivity contribution is 5.64. The first-order chi connectivity index (χ1) is 13.2. The Morgan fingerprint density at radius 3 is 2.15 bits per heavy atom. The van der Waals surface area contributed by atoms with E-state index in [1.807, 2.05) is 0 Å². The lowest BCUT2D eigenvalue weighted by atomic mass is 10.1. The van der Waals surface area contributed by atoms with Gasteiger partial charge in [-0.25, -0.2) is 0 Å². The summed E-state index contributed by atoms with van der Waals surface area (Å²) >= 11 is 0. The molecule has 0 spiro atoms. The van der Waals surface area contributed by atoms with Crippen molar-refractivity contribution in [1.82, 2.24) is 0 Å². The Labute approximate surface area is 166 Å². The summed E-state index contributed by atoms with van der Waals surface area (Å²) in [6.07, 6.45) is 10.0. The first-order valence-electron chi connectivity index (χ1n) is 10.8. The van der Waals surface area contributed by atoms with Gasteiger partial charge in [-0.3, -0.25) is 0 Å². The van der Waals surface area contributed by atoms with Crippen LogP contribution < -0.4 is 9.64 Å². The van der Waals surface area contributed by atoms with Crippen LogP contribution in [-0.2, 0) is 0 Å². The molecule has 0 aliphatic rings. The highest BCUT2D eigenvalue weighted by atomic mass is 16.5. The molecule has 0 N–H and O–H groups in total. The largest absolute Gasteiger partial charge is 0.494 e. The van der Waals surface area contributed by atoms with Gasteiger partial charge >= 0.3 is 0 Å². The lowest BCUT2D eigenvalue weighted by molar-refractivity contribution is 0.305. The molecule has 0 radical (unpaired) electrons. The molecular weight excluding hydrogens is 330 g/mol. The maximum absolute atomic E-state index is 6.01. The number of ether oxygens (including phenoxy) is 1. The second kappa shape index (κ2) is 12.4. The van der Waals surface area contributed by atoms with Crippen molar-refractivity contribution in [3.63, 3.8) is 0 Å². The van der Waals surface area contributed by atoms with Gasteiger partial charge in [0.15, 0.2) is 0 Å². The van der Waals surface area contributed by atoms with Crippen LogP contribution in [0.4, 0.5) is 11.4 Å². The lowest BCUT2D eigenvalue weighted by Crippen LogP contribution is -2.18. The van der Waals surface area contributed by atoms with Gasteiger partial charge in [-0.2, -0.15) is 0 Å². The van der Waals surface area contributed by atoms with Crippen molar-refractivity contribution in [2.75, 3.05) is 18.1 Å². The van der Waals surface area contributed by atoms with Crippen LogP contribution in [0.1, 0.15) is 70.8 Å². The predicted molar refractivity (Wildman–Crippen MR) is 118 cm³/mol. The molecule has 0 aliphatic heterocycles. The topological polar surface area (TPSA) is 12.5 Å². The molecule has 27 heavy (non-hydrogen) atoms. The fourth-order valence-corrected chi connectivity index (χ4v) is 3.29. The van der Waals surface area contributed by atoms with Gasteiger partial charge in [0.1, 0.15) is 5.75 Å². The molecule has 2 aromatic carbocycles. The maximum atomic E-state index is 6.01. The minimum Gasteiger partial charge on any atom is -0.494 e. The fourth-order valence-electron chi connectivity index (χ4n) is 3.29. The van der Waals surface area contributed by atoms with E-state index in [-0.39, 0.29) is 0 Å². The van der Waals surface area contributed by atoms with E-state index in [0.717, 1.165) is 25.3 Å². The molecular formula is C25H37NO. The highest BCUT2D eigenvalue weighted by Gasteiger charge is 2.10. The second-order valence-electron chi connectivity index (χ2n) is 7.45. The van der Waals surface area contributed by atoms with Gasteiger partial charge in [-0.15, -0.1) is 0 Å². The molecule has 0 amide bonds. The van der Waals surface area contributed by atoms with Crippen molar-refractivity contribution < 1.29 is 4.74 Å². The monoisotopic (exact) mass is 367 g/mol. The second-order valence-corrected chi connectivity index (χ2v) is 7.45. The number of nitrogens with zero attached hydrogens (tertiary/aromatic N) is 1. The van der Waals surface area contributed by atoms with Gasteiger partial charge in [-0.05, 0) is 44.0 Å². The highest BCUT2D eigenvalue weighted by Crippen LogP contribution is 2.29. The van der Waals surface area contributed by atoms with E-state index in [2.05, 4.69) is 74.2 Å². The summed E-state index contributed by atoms with van der Waals surface area (Å²) in [6.45, 7) is 8.50. The average Bonchev–Trinajstić information content (AvgIpc) is 2.69. The third-order valence-electron chi connectivity index (χ3n) is 4.98. The number of aryl methyl sites for hydroxylation is 1. The smallest absolute Gasteiger partial charge is 0.121 e. The molecule has 2 heteroatoms. The number of benzene rings is 2. The quantitative estimate of drug-likeness (QED) is 0.337. The zero-order valence-electron chi connectivity index (χ0n) is 17.5. The summed E-state index contributed by atoms with van der Waals surface area (Å²) in [6, 6.07) is 17.4. The Bertz CT molecular complexity index is 635. The van der Waals surface area contributed by atoms with Gasteiger partial charge in [0.05, 0.1) is 6.61 Å². The van der Waals surface area contributed by atoms with Crippen LogP contribution in [0.15, 0.2) is 48.5 Å². The summed E-state index contributed by atoms with van der Waals surface area (Å²) in [5.41, 5.74) is 3.78. The molecule has 148 valence electrons. The van der Waals surface area contributed by atoms with Gasteiger partial charge in [0.2, 0.25) is 0 Å². The molecule has 2 nitrogen and oxygen atoms in total. The first-order valence-corrected chi connectivity index (χ1v) is 10.8. The zero-order valence-corrected chi connectivity index (χ0v) is 17.5. The van der Waals surface area contributed by atoms with Gasteiger partial charge in [0.25, 0.3) is 0 Å². The summed E-state index contributed by atoms with van der Waals surface area (Å²) in [5, 5.41) is 0. The van der Waals surface area contributed by atoms with Crippen molar-refractivity contribution in [2.45, 2.75) is 72.1 Å². The van der Waals surface area contributed by atoms with Crippen LogP contribution in [0, 0.1) is 6.92 Å². The molecule has 0 bridgehead atoms. The van der Waals surface area contributed by atoms with Crippen molar-refractivity contribution in [1.29, 1.82) is 0 Å². The Hall–Kier alpha value is -1.96. The van der Waals surface area contributed by atoms with Crippen LogP contribution in [0.5, 0.6) is 5.75 Å². The molecule has 0 saturated carbocycles. The van der Waals surface area contributed by atoms with Gasteiger partial charge in [0, 0.05) is 24.0 Å². The van der Waals surface area contributed by atoms with Crippen molar-refractivity contribution in [3.05, 3.63) is 54.1 Å². The van der Waals surface area contributed by atoms with E-state index in [1.54, 1.807) is 0 Å². The number of unbranched alkanes of at least 4 members (excludes halogenated alkanes) is 6. The SMILES string of the molecule is CCCCCCOc1cccc(N(CCCCCC)c2ccc(C)cc2)c1. The van der Waals surface area contributed by atoms with Crippen molar-refractivity contribution >= 4 is 11.4 Å². The van der Waals surface area contributed by atoms with Crippen molar-refractivity contribution in [2.24, 2.45) is 0 Å². The van der Waals surface area contributed by atoms with Gasteiger partial charge < -0.3 is 9.64 Å². The Kier molecular flexibility index (Phi) is 9.83. The molecule has 0 heterocycles. The number of hydrogen-bond acceptors (Lipinski definition) is 2. The van der Waals surface area contributed by atoms with Crippen molar-refractivity contribution in [3.8, 4) is 5.75 Å². The summed E-state index contributed by atoms with van der Waals surface area (Å²) in [5.74, 6) is 0.981. The van der Waals surface area contributed by atoms with Crippen LogP contribution in [0.25, 0.3) is 0 Å². The molecule has 2 aromatic rings. The summed E-state index contributed by atoms with van der Waals surface area (Å²) in [7, 11) is 0. The Morgan fingerprint density at radius 1 is 0.741 bits per heavy atom. The maximum Gasteiger partial charge on any atom is 0.121 e. The molecule has 0 fully saturated rings. The number of rotatable bonds is 13. The van der Waals surface area contributed by atoms with E-state index in [4.69, 9.17) is 4.74 Å². The first kappa shape index (κ1) is 21.3. The molecule has 0 aliphatic carbocycles. The normalized spacial score (nSPS) is 10.8. The number of anilines is 2. The standard InChI is InChI=1S/C25H37NO/c1-4-6-8-10-19-26(23-17-15-22(3)16-18-23)24-13-12-14-25(21-24)27-20-11-9-7-5-2/h12-18,21H,4-11,19-20H2,1-3H3. The molecule has 0 saturated heterocycles. The predicted octanol–water partition coefficient (Wildman–Crippen LogP) is 7.67. The van der Waals surface area contributed by atoms with Gasteiger partial charge in [-0.1, -0.05) is 76.1 Å². The van der Waals surface area contributed by atoms with E-state index < -0.39 is 0 Å². The van der Waals surface area contributed by atoms with Crippen LogP contribution >= 0.6 is 0 Å². The van der Waals surface area contributed by atoms with Crippen LogP contribution in [0.2, 0.25) is 0 Å². The van der Waals surface area contributed by atoms with E-state index in [9.17, 15) is 0 Å². The minimum absolute atomic E-state index is 0.810. The van der Waals surface area contributed by atoms with E-state index in [0.29, 0.717) is 0 Å². The summed E-state index contributed by atoms with van der Waals surface area (Å²) in [4.78, 5) is 2.43. The van der Waals surface area contributed by atoms with Crippen LogP contribution in [0.3, 0.4) is 0 Å². The third kappa shape index (κ3) is 7.66. The zero-order chi connectivity index (χ0) is 19.3. The molecule has 0 atom stereocenters. The Balaban J connectivity index is 2.06. The van der Waals surface area contributed by atoms with E-state index in [1.165, 1.54) is 61.9 Å². The molecule has 0 aromatic heterocycles. The molecule has 2 rings (SSSR count). The summed E-state index contributed by atoms with van der Waals surface area (Å²) < 4.78 is 6.01. The fraction of sp³-hybridized carbons (Fsp3) is 0.520. The Morgan fingerprint density at radius 2 is 1.44 bits per heavy atom. The lowest BCUT2D eigenvalue weighted by Gasteiger charge is -2.26.